The second-order valence-corrected chi connectivity index (χ2v) is 13.2. The minimum atomic E-state index is -0.486. The third kappa shape index (κ3) is 26.2. The quantitative estimate of drug-likeness (QED) is 0.0447. The van der Waals surface area contributed by atoms with Crippen molar-refractivity contribution >= 4 is 0 Å². The average molecular weight is 601 g/mol. The summed E-state index contributed by atoms with van der Waals surface area (Å²) < 4.78 is 0. The largest absolute Gasteiger partial charge is 0.392 e. The Kier molecular flexibility index (Phi) is 30.6. The van der Waals surface area contributed by atoms with Crippen LogP contribution in [0.25, 0.3) is 0 Å². The van der Waals surface area contributed by atoms with Crippen molar-refractivity contribution in [2.45, 2.75) is 206 Å². The molecule has 0 aliphatic carbocycles. The van der Waals surface area contributed by atoms with Crippen molar-refractivity contribution in [3.8, 4) is 0 Å². The van der Waals surface area contributed by atoms with Crippen molar-refractivity contribution < 1.29 is 20.4 Å². The maximum absolute atomic E-state index is 11.1. The molecule has 0 saturated carbocycles. The molecule has 42 heavy (non-hydrogen) atoms. The Balaban J connectivity index is 5.11. The van der Waals surface area contributed by atoms with Crippen molar-refractivity contribution in [2.24, 2.45) is 0 Å². The molecule has 0 rings (SSSR count). The molecule has 0 saturated heterocycles. The zero-order valence-electron chi connectivity index (χ0n) is 28.8. The number of nitrogens with zero attached hydrogens (tertiary/aromatic N) is 2. The third-order valence-electron chi connectivity index (χ3n) is 8.65. The Morgan fingerprint density at radius 3 is 0.786 bits per heavy atom. The summed E-state index contributed by atoms with van der Waals surface area (Å²) in [5, 5.41) is 47.9. The van der Waals surface area contributed by atoms with Gasteiger partial charge in [-0.15, -0.1) is 0 Å². The summed E-state index contributed by atoms with van der Waals surface area (Å²) in [5.74, 6) is 0. The lowest BCUT2D eigenvalue weighted by Gasteiger charge is -2.39. The number of hydrogen-bond acceptors (Lipinski definition) is 6. The van der Waals surface area contributed by atoms with Gasteiger partial charge in [0.2, 0.25) is 0 Å². The highest BCUT2D eigenvalue weighted by molar-refractivity contribution is 4.74. The van der Waals surface area contributed by atoms with E-state index in [1.807, 2.05) is 0 Å². The normalized spacial score (nSPS) is 15.0. The first-order valence-corrected chi connectivity index (χ1v) is 18.6. The van der Waals surface area contributed by atoms with Crippen LogP contribution in [0.2, 0.25) is 0 Å². The molecular formula is C36H76N2O4. The number of hydrogen-bond donors (Lipinski definition) is 4. The van der Waals surface area contributed by atoms with Crippen molar-refractivity contribution in [1.29, 1.82) is 0 Å². The van der Waals surface area contributed by atoms with Gasteiger partial charge < -0.3 is 20.4 Å². The third-order valence-corrected chi connectivity index (χ3v) is 8.65. The molecule has 4 unspecified atom stereocenters. The van der Waals surface area contributed by atoms with E-state index in [1.165, 1.54) is 77.0 Å². The molecule has 0 amide bonds. The molecule has 0 spiro atoms. The zero-order chi connectivity index (χ0) is 31.3. The van der Waals surface area contributed by atoms with Crippen LogP contribution in [0, 0.1) is 0 Å². The van der Waals surface area contributed by atoms with Gasteiger partial charge in [0.25, 0.3) is 0 Å². The van der Waals surface area contributed by atoms with Crippen molar-refractivity contribution in [3.63, 3.8) is 0 Å². The van der Waals surface area contributed by atoms with Gasteiger partial charge in [-0.05, 0) is 25.7 Å². The molecule has 254 valence electrons. The summed E-state index contributed by atoms with van der Waals surface area (Å²) >= 11 is 0. The van der Waals surface area contributed by atoms with E-state index in [1.54, 1.807) is 0 Å². The molecule has 0 aromatic heterocycles. The smallest absolute Gasteiger partial charge is 0.0681 e. The van der Waals surface area contributed by atoms with Gasteiger partial charge in [0.1, 0.15) is 0 Å². The molecule has 0 heterocycles. The SMILES string of the molecule is CCCCCCCCCCC(O)CN(CC(O)CCCCCCCCCC)N(CC(O)CCCC)CC(O)CCCC. The zero-order valence-corrected chi connectivity index (χ0v) is 28.8. The Bertz CT molecular complexity index is 495. The lowest BCUT2D eigenvalue weighted by atomic mass is 10.0. The van der Waals surface area contributed by atoms with Crippen LogP contribution in [0.3, 0.4) is 0 Å². The Hall–Kier alpha value is -0.240. The van der Waals surface area contributed by atoms with Crippen LogP contribution in [0.5, 0.6) is 0 Å². The highest BCUT2D eigenvalue weighted by Crippen LogP contribution is 2.17. The van der Waals surface area contributed by atoms with Gasteiger partial charge in [0, 0.05) is 26.2 Å². The van der Waals surface area contributed by atoms with Gasteiger partial charge in [0.15, 0.2) is 0 Å². The van der Waals surface area contributed by atoms with Crippen molar-refractivity contribution in [1.82, 2.24) is 10.0 Å². The van der Waals surface area contributed by atoms with Gasteiger partial charge in [-0.25, -0.2) is 10.0 Å². The highest BCUT2D eigenvalue weighted by atomic mass is 16.3. The number of rotatable bonds is 33. The van der Waals surface area contributed by atoms with E-state index in [9.17, 15) is 20.4 Å². The van der Waals surface area contributed by atoms with Gasteiger partial charge in [-0.2, -0.15) is 0 Å². The lowest BCUT2D eigenvalue weighted by molar-refractivity contribution is -0.111. The molecule has 0 fully saturated rings. The molecule has 0 radical (unpaired) electrons. The van der Waals surface area contributed by atoms with Gasteiger partial charge in [0.05, 0.1) is 24.4 Å². The van der Waals surface area contributed by atoms with E-state index in [4.69, 9.17) is 0 Å². The standard InChI is InChI=1S/C36H76N2O4/c1-5-9-13-15-17-19-21-23-27-35(41)31-38(32-36(42)28-24-22-20-18-16-14-10-6-2)37(29-33(39)25-11-7-3)30-34(40)26-12-8-4/h33-36,39-42H,5-32H2,1-4H3. The fourth-order valence-corrected chi connectivity index (χ4v) is 5.86. The van der Waals surface area contributed by atoms with Crippen LogP contribution < -0.4 is 0 Å². The summed E-state index contributed by atoms with van der Waals surface area (Å²) in [6.07, 6.45) is 24.9. The minimum absolute atomic E-state index is 0.429. The number of aliphatic hydroxyl groups is 4. The van der Waals surface area contributed by atoms with E-state index in [2.05, 4.69) is 37.7 Å². The van der Waals surface area contributed by atoms with Gasteiger partial charge in [-0.3, -0.25) is 0 Å². The first kappa shape index (κ1) is 41.8. The van der Waals surface area contributed by atoms with E-state index in [0.717, 1.165) is 77.0 Å². The van der Waals surface area contributed by atoms with Crippen LogP contribution >= 0.6 is 0 Å². The Morgan fingerprint density at radius 2 is 0.524 bits per heavy atom. The van der Waals surface area contributed by atoms with Crippen molar-refractivity contribution in [3.05, 3.63) is 0 Å². The van der Waals surface area contributed by atoms with E-state index in [-0.39, 0.29) is 0 Å². The fourth-order valence-electron chi connectivity index (χ4n) is 5.86. The van der Waals surface area contributed by atoms with E-state index in [0.29, 0.717) is 26.2 Å². The van der Waals surface area contributed by atoms with E-state index < -0.39 is 24.4 Å². The maximum Gasteiger partial charge on any atom is 0.0681 e. The summed E-state index contributed by atoms with van der Waals surface area (Å²) in [7, 11) is 0. The summed E-state index contributed by atoms with van der Waals surface area (Å²) in [4.78, 5) is 0. The van der Waals surface area contributed by atoms with Crippen LogP contribution in [0.4, 0.5) is 0 Å². The average Bonchev–Trinajstić information content (AvgIpc) is 2.97. The second-order valence-electron chi connectivity index (χ2n) is 13.2. The topological polar surface area (TPSA) is 87.4 Å². The molecule has 6 heteroatoms. The summed E-state index contributed by atoms with van der Waals surface area (Å²) in [6.45, 7) is 10.5. The van der Waals surface area contributed by atoms with Crippen LogP contribution in [-0.4, -0.2) is 81.0 Å². The number of aliphatic hydroxyl groups excluding tert-OH is 4. The highest BCUT2D eigenvalue weighted by Gasteiger charge is 2.25. The first-order valence-electron chi connectivity index (χ1n) is 18.6. The summed E-state index contributed by atoms with van der Waals surface area (Å²) in [6, 6.07) is 0. The number of hydrazine groups is 1. The molecule has 0 aromatic carbocycles. The molecule has 4 atom stereocenters. The van der Waals surface area contributed by atoms with Gasteiger partial charge >= 0.3 is 0 Å². The second kappa shape index (κ2) is 30.8. The molecule has 0 aliphatic rings. The van der Waals surface area contributed by atoms with Crippen LogP contribution in [0.15, 0.2) is 0 Å². The minimum Gasteiger partial charge on any atom is -0.392 e. The Morgan fingerprint density at radius 1 is 0.310 bits per heavy atom. The summed E-state index contributed by atoms with van der Waals surface area (Å²) in [5.41, 5.74) is 0. The molecule has 0 bridgehead atoms. The molecule has 0 aromatic rings. The maximum atomic E-state index is 11.1. The number of unbranched alkanes of at least 4 members (excludes halogenated alkanes) is 16. The molecule has 6 nitrogen and oxygen atoms in total. The van der Waals surface area contributed by atoms with Crippen LogP contribution in [-0.2, 0) is 0 Å². The van der Waals surface area contributed by atoms with Crippen LogP contribution in [0.1, 0.15) is 182 Å². The van der Waals surface area contributed by atoms with E-state index >= 15 is 0 Å². The monoisotopic (exact) mass is 601 g/mol. The Labute approximate surface area is 262 Å². The lowest BCUT2D eigenvalue weighted by Crippen LogP contribution is -2.54. The first-order chi connectivity index (χ1) is 20.4. The molecule has 0 aliphatic heterocycles. The van der Waals surface area contributed by atoms with Crippen molar-refractivity contribution in [2.75, 3.05) is 26.2 Å². The fraction of sp³-hybridized carbons (Fsp3) is 1.00. The van der Waals surface area contributed by atoms with Gasteiger partial charge in [-0.1, -0.05) is 156 Å². The predicted molar refractivity (Wildman–Crippen MR) is 181 cm³/mol. The molecular weight excluding hydrogens is 524 g/mol. The predicted octanol–water partition coefficient (Wildman–Crippen LogP) is 8.39. The molecule has 4 N–H and O–H groups in total.